The second kappa shape index (κ2) is 7.55. The highest BCUT2D eigenvalue weighted by molar-refractivity contribution is 7.09. The first-order chi connectivity index (χ1) is 9.65. The number of aryl methyl sites for hydroxylation is 1. The first-order valence-electron chi connectivity index (χ1n) is 7.34. The van der Waals surface area contributed by atoms with Crippen LogP contribution in [0.1, 0.15) is 42.6 Å². The van der Waals surface area contributed by atoms with Gasteiger partial charge in [0.05, 0.1) is 5.01 Å². The van der Waals surface area contributed by atoms with Gasteiger partial charge in [0.2, 0.25) is 0 Å². The van der Waals surface area contributed by atoms with E-state index in [-0.39, 0.29) is 0 Å². The van der Waals surface area contributed by atoms with Crippen molar-refractivity contribution < 1.29 is 0 Å². The van der Waals surface area contributed by atoms with Gasteiger partial charge in [0, 0.05) is 30.1 Å². The van der Waals surface area contributed by atoms with Crippen molar-refractivity contribution >= 4 is 11.3 Å². The van der Waals surface area contributed by atoms with E-state index < -0.39 is 0 Å². The van der Waals surface area contributed by atoms with E-state index in [1.54, 1.807) is 11.3 Å². The predicted molar refractivity (Wildman–Crippen MR) is 87.2 cm³/mol. The quantitative estimate of drug-likeness (QED) is 0.818. The maximum absolute atomic E-state index is 4.52. The summed E-state index contributed by atoms with van der Waals surface area (Å²) < 4.78 is 0. The average molecular weight is 288 g/mol. The van der Waals surface area contributed by atoms with Crippen LogP contribution in [-0.4, -0.2) is 11.5 Å². The van der Waals surface area contributed by atoms with Crippen LogP contribution < -0.4 is 5.32 Å². The van der Waals surface area contributed by atoms with Gasteiger partial charge in [0.15, 0.2) is 0 Å². The molecule has 1 unspecified atom stereocenters. The van der Waals surface area contributed by atoms with Crippen LogP contribution in [0, 0.1) is 12.8 Å². The molecule has 0 fully saturated rings. The van der Waals surface area contributed by atoms with E-state index in [4.69, 9.17) is 0 Å². The van der Waals surface area contributed by atoms with Gasteiger partial charge >= 0.3 is 0 Å². The van der Waals surface area contributed by atoms with Crippen LogP contribution in [0.25, 0.3) is 0 Å². The molecule has 0 saturated heterocycles. The Morgan fingerprint density at radius 1 is 1.20 bits per heavy atom. The summed E-state index contributed by atoms with van der Waals surface area (Å²) in [6.45, 7) is 7.60. The maximum Gasteiger partial charge on any atom is 0.0940 e. The normalized spacial score (nSPS) is 12.8. The lowest BCUT2D eigenvalue weighted by Crippen LogP contribution is -2.25. The molecule has 2 aromatic rings. The van der Waals surface area contributed by atoms with E-state index in [2.05, 4.69) is 66.8 Å². The monoisotopic (exact) mass is 288 g/mol. The zero-order valence-corrected chi connectivity index (χ0v) is 13.4. The number of aromatic nitrogens is 1. The van der Waals surface area contributed by atoms with Gasteiger partial charge in [-0.25, -0.2) is 4.98 Å². The molecular formula is C17H24N2S. The highest BCUT2D eigenvalue weighted by Crippen LogP contribution is 2.21. The van der Waals surface area contributed by atoms with Crippen LogP contribution in [0.5, 0.6) is 0 Å². The summed E-state index contributed by atoms with van der Waals surface area (Å²) in [5.41, 5.74) is 2.52. The predicted octanol–water partition coefficient (Wildman–Crippen LogP) is 4.37. The van der Waals surface area contributed by atoms with E-state index in [1.165, 1.54) is 17.0 Å². The Bertz CT molecular complexity index is 505. The summed E-state index contributed by atoms with van der Waals surface area (Å²) in [6.07, 6.45) is 2.18. The van der Waals surface area contributed by atoms with Crippen molar-refractivity contribution in [2.45, 2.75) is 39.7 Å². The van der Waals surface area contributed by atoms with Crippen molar-refractivity contribution in [3.05, 3.63) is 52.0 Å². The van der Waals surface area contributed by atoms with Crippen molar-refractivity contribution in [2.75, 3.05) is 6.54 Å². The van der Waals surface area contributed by atoms with Gasteiger partial charge in [0.1, 0.15) is 0 Å². The number of hydrogen-bond donors (Lipinski definition) is 1. The Morgan fingerprint density at radius 2 is 1.95 bits per heavy atom. The van der Waals surface area contributed by atoms with Gasteiger partial charge in [0.25, 0.3) is 0 Å². The number of rotatable bonds is 7. The maximum atomic E-state index is 4.52. The van der Waals surface area contributed by atoms with Crippen molar-refractivity contribution in [3.8, 4) is 0 Å². The molecule has 2 rings (SSSR count). The van der Waals surface area contributed by atoms with Crippen molar-refractivity contribution in [1.29, 1.82) is 0 Å². The van der Waals surface area contributed by atoms with Crippen LogP contribution in [0.15, 0.2) is 35.7 Å². The molecule has 0 aliphatic carbocycles. The minimum absolute atomic E-state index is 0.442. The van der Waals surface area contributed by atoms with E-state index in [1.807, 2.05) is 0 Å². The third-order valence-corrected chi connectivity index (χ3v) is 4.33. The molecule has 20 heavy (non-hydrogen) atoms. The highest BCUT2D eigenvalue weighted by Gasteiger charge is 2.12. The van der Waals surface area contributed by atoms with Crippen molar-refractivity contribution in [2.24, 2.45) is 5.92 Å². The number of hydrogen-bond acceptors (Lipinski definition) is 3. The molecule has 0 aliphatic rings. The minimum atomic E-state index is 0.442. The summed E-state index contributed by atoms with van der Waals surface area (Å²) in [4.78, 5) is 4.52. The Kier molecular flexibility index (Phi) is 5.74. The summed E-state index contributed by atoms with van der Waals surface area (Å²) >= 11 is 1.76. The average Bonchev–Trinajstić information content (AvgIpc) is 2.84. The third-order valence-electron chi connectivity index (χ3n) is 3.31. The number of nitrogens with one attached hydrogen (secondary N) is 1. The van der Waals surface area contributed by atoms with Crippen LogP contribution in [0.4, 0.5) is 0 Å². The molecule has 108 valence electrons. The Morgan fingerprint density at radius 3 is 2.55 bits per heavy atom. The molecule has 1 heterocycles. The molecule has 0 amide bonds. The molecule has 0 bridgehead atoms. The molecule has 1 aromatic carbocycles. The second-order valence-electron chi connectivity index (χ2n) is 5.68. The molecular weight excluding hydrogens is 264 g/mol. The van der Waals surface area contributed by atoms with Gasteiger partial charge in [-0.05, 0) is 24.8 Å². The van der Waals surface area contributed by atoms with Crippen LogP contribution in [-0.2, 0) is 6.42 Å². The Balaban J connectivity index is 1.91. The number of thiazole rings is 1. The molecule has 3 heteroatoms. The van der Waals surface area contributed by atoms with E-state index in [9.17, 15) is 0 Å². The number of nitrogens with zero attached hydrogens (tertiary/aromatic N) is 1. The molecule has 0 spiro atoms. The zero-order chi connectivity index (χ0) is 14.4. The highest BCUT2D eigenvalue weighted by atomic mass is 32.1. The largest absolute Gasteiger partial charge is 0.310 e. The lowest BCUT2D eigenvalue weighted by molar-refractivity contribution is 0.432. The summed E-state index contributed by atoms with van der Waals surface area (Å²) in [5.74, 6) is 0.690. The molecule has 0 aliphatic heterocycles. The second-order valence-corrected chi connectivity index (χ2v) is 6.62. The van der Waals surface area contributed by atoms with E-state index in [0.717, 1.165) is 18.7 Å². The fourth-order valence-corrected chi connectivity index (χ4v) is 3.14. The summed E-state index contributed by atoms with van der Waals surface area (Å²) in [7, 11) is 0. The van der Waals surface area contributed by atoms with Crippen molar-refractivity contribution in [3.63, 3.8) is 0 Å². The standard InChI is InChI=1S/C17H24N2S/c1-13(2)11-16(15-7-5-4-6-8-15)18-10-9-17-19-14(3)12-20-17/h4-8,12-13,16,18H,9-11H2,1-3H3. The van der Waals surface area contributed by atoms with Gasteiger partial charge in [-0.3, -0.25) is 0 Å². The van der Waals surface area contributed by atoms with E-state index in [0.29, 0.717) is 12.0 Å². The molecule has 2 nitrogen and oxygen atoms in total. The summed E-state index contributed by atoms with van der Waals surface area (Å²) in [5, 5.41) is 7.04. The first-order valence-corrected chi connectivity index (χ1v) is 8.22. The van der Waals surface area contributed by atoms with E-state index >= 15 is 0 Å². The lowest BCUT2D eigenvalue weighted by Gasteiger charge is -2.21. The Labute approximate surface area is 126 Å². The van der Waals surface area contributed by atoms with Crippen LogP contribution >= 0.6 is 11.3 Å². The van der Waals surface area contributed by atoms with Gasteiger partial charge in [-0.2, -0.15) is 0 Å². The van der Waals surface area contributed by atoms with Gasteiger partial charge in [-0.15, -0.1) is 11.3 Å². The van der Waals surface area contributed by atoms with Crippen molar-refractivity contribution in [1.82, 2.24) is 10.3 Å². The SMILES string of the molecule is Cc1csc(CCNC(CC(C)C)c2ccccc2)n1. The molecule has 0 radical (unpaired) electrons. The van der Waals surface area contributed by atoms with Crippen LogP contribution in [0.2, 0.25) is 0 Å². The zero-order valence-electron chi connectivity index (χ0n) is 12.6. The molecule has 1 N–H and O–H groups in total. The number of benzene rings is 1. The van der Waals surface area contributed by atoms with Gasteiger partial charge in [-0.1, -0.05) is 44.2 Å². The molecule has 0 saturated carbocycles. The minimum Gasteiger partial charge on any atom is -0.310 e. The molecule has 1 aromatic heterocycles. The topological polar surface area (TPSA) is 24.9 Å². The van der Waals surface area contributed by atoms with Gasteiger partial charge < -0.3 is 5.32 Å². The van der Waals surface area contributed by atoms with Crippen LogP contribution in [0.3, 0.4) is 0 Å². The lowest BCUT2D eigenvalue weighted by atomic mass is 9.97. The smallest absolute Gasteiger partial charge is 0.0940 e. The first kappa shape index (κ1) is 15.2. The molecule has 1 atom stereocenters. The summed E-state index contributed by atoms with van der Waals surface area (Å²) in [6, 6.07) is 11.2. The fraction of sp³-hybridized carbons (Fsp3) is 0.471. The fourth-order valence-electron chi connectivity index (χ4n) is 2.36. The Hall–Kier alpha value is -1.19. The third kappa shape index (κ3) is 4.73.